The lowest BCUT2D eigenvalue weighted by molar-refractivity contribution is -0.0169. The van der Waals surface area contributed by atoms with Crippen LogP contribution in [0.2, 0.25) is 0 Å². The zero-order chi connectivity index (χ0) is 12.4. The minimum atomic E-state index is -0.586. The number of nitrogens with two attached hydrogens (primary N) is 1. The molecule has 0 aliphatic carbocycles. The third-order valence-corrected chi connectivity index (χ3v) is 2.66. The number of Topliss-reactive ketones (excluding diaryl/α,β-unsaturated/α-hetero) is 1. The smallest absolute Gasteiger partial charge is 0.189 e. The number of carbonyl (C=O) groups is 1. The lowest BCUT2D eigenvalue weighted by Gasteiger charge is -2.22. The van der Waals surface area contributed by atoms with Crippen LogP contribution in [0.25, 0.3) is 0 Å². The number of carbonyl (C=O) groups excluding carboxylic acids is 1. The van der Waals surface area contributed by atoms with Gasteiger partial charge in [0.2, 0.25) is 0 Å². The molecule has 0 saturated heterocycles. The molecular formula is C12H15NO4. The Labute approximate surface area is 99.5 Å². The lowest BCUT2D eigenvalue weighted by atomic mass is 9.98. The van der Waals surface area contributed by atoms with Gasteiger partial charge in [0, 0.05) is 5.56 Å². The largest absolute Gasteiger partial charge is 0.496 e. The van der Waals surface area contributed by atoms with Gasteiger partial charge in [-0.15, -0.1) is 0 Å². The van der Waals surface area contributed by atoms with E-state index in [9.17, 15) is 4.79 Å². The summed E-state index contributed by atoms with van der Waals surface area (Å²) < 4.78 is 15.7. The molecule has 1 aromatic carbocycles. The van der Waals surface area contributed by atoms with Crippen molar-refractivity contribution >= 4 is 5.78 Å². The second-order valence-electron chi connectivity index (χ2n) is 3.88. The fraction of sp³-hybridized carbons (Fsp3) is 0.417. The van der Waals surface area contributed by atoms with Crippen molar-refractivity contribution in [1.29, 1.82) is 0 Å². The van der Waals surface area contributed by atoms with Gasteiger partial charge in [-0.3, -0.25) is 4.79 Å². The first-order valence-corrected chi connectivity index (χ1v) is 5.35. The maximum Gasteiger partial charge on any atom is 0.189 e. The molecule has 2 N–H and O–H groups in total. The number of benzene rings is 1. The van der Waals surface area contributed by atoms with Gasteiger partial charge in [-0.05, 0) is 19.1 Å². The number of hydrogen-bond acceptors (Lipinski definition) is 5. The molecule has 0 saturated carbocycles. The van der Waals surface area contributed by atoms with Gasteiger partial charge in [-0.1, -0.05) is 0 Å². The molecule has 0 spiro atoms. The summed E-state index contributed by atoms with van der Waals surface area (Å²) in [5.74, 6) is 0.981. The molecule has 1 aliphatic rings. The minimum absolute atomic E-state index is 0.173. The van der Waals surface area contributed by atoms with Crippen molar-refractivity contribution in [3.63, 3.8) is 0 Å². The predicted molar refractivity (Wildman–Crippen MR) is 61.3 cm³/mol. The van der Waals surface area contributed by atoms with Gasteiger partial charge in [-0.25, -0.2) is 0 Å². The normalized spacial score (nSPS) is 15.7. The molecule has 2 rings (SSSR count). The van der Waals surface area contributed by atoms with Crippen molar-refractivity contribution in [2.45, 2.75) is 19.6 Å². The highest BCUT2D eigenvalue weighted by molar-refractivity contribution is 6.03. The van der Waals surface area contributed by atoms with Gasteiger partial charge in [0.1, 0.15) is 11.5 Å². The van der Waals surface area contributed by atoms with E-state index in [1.165, 1.54) is 7.11 Å². The van der Waals surface area contributed by atoms with E-state index in [-0.39, 0.29) is 12.6 Å². The molecule has 17 heavy (non-hydrogen) atoms. The van der Waals surface area contributed by atoms with Crippen LogP contribution in [0.15, 0.2) is 12.1 Å². The van der Waals surface area contributed by atoms with Crippen molar-refractivity contribution < 1.29 is 19.0 Å². The van der Waals surface area contributed by atoms with Crippen LogP contribution in [-0.4, -0.2) is 25.7 Å². The summed E-state index contributed by atoms with van der Waals surface area (Å²) in [6.07, 6.45) is 0. The summed E-state index contributed by atoms with van der Waals surface area (Å²) in [4.78, 5) is 12.1. The van der Waals surface area contributed by atoms with E-state index >= 15 is 0 Å². The van der Waals surface area contributed by atoms with E-state index in [1.807, 2.05) is 0 Å². The third-order valence-electron chi connectivity index (χ3n) is 2.66. The summed E-state index contributed by atoms with van der Waals surface area (Å²) >= 11 is 0. The molecule has 1 aliphatic heterocycles. The standard InChI is InChI=1S/C12H15NO4/c1-7(13)12(14)11-8-5-16-6-17-9(8)3-4-10(11)15-2/h3-4,7H,5-6,13H2,1-2H3. The van der Waals surface area contributed by atoms with Gasteiger partial charge < -0.3 is 19.9 Å². The molecular weight excluding hydrogens is 222 g/mol. The minimum Gasteiger partial charge on any atom is -0.496 e. The molecule has 0 radical (unpaired) electrons. The Balaban J connectivity index is 2.56. The molecule has 0 amide bonds. The van der Waals surface area contributed by atoms with Gasteiger partial charge in [0.05, 0.1) is 25.3 Å². The Bertz CT molecular complexity index is 442. The number of hydrogen-bond donors (Lipinski definition) is 1. The fourth-order valence-corrected chi connectivity index (χ4v) is 1.80. The van der Waals surface area contributed by atoms with Gasteiger partial charge in [-0.2, -0.15) is 0 Å². The quantitative estimate of drug-likeness (QED) is 0.797. The van der Waals surface area contributed by atoms with E-state index in [4.69, 9.17) is 19.9 Å². The fourth-order valence-electron chi connectivity index (χ4n) is 1.80. The Hall–Kier alpha value is -1.59. The topological polar surface area (TPSA) is 70.8 Å². The first-order valence-electron chi connectivity index (χ1n) is 5.35. The first kappa shape index (κ1) is 11.9. The van der Waals surface area contributed by atoms with Crippen molar-refractivity contribution in [3.8, 4) is 11.5 Å². The van der Waals surface area contributed by atoms with E-state index in [1.54, 1.807) is 19.1 Å². The maximum atomic E-state index is 12.1. The lowest BCUT2D eigenvalue weighted by Crippen LogP contribution is -2.29. The highest BCUT2D eigenvalue weighted by Crippen LogP contribution is 2.33. The Morgan fingerprint density at radius 1 is 1.53 bits per heavy atom. The number of fused-ring (bicyclic) bond motifs is 1. The van der Waals surface area contributed by atoms with Crippen LogP contribution in [0.3, 0.4) is 0 Å². The number of methoxy groups -OCH3 is 1. The van der Waals surface area contributed by atoms with Crippen molar-refractivity contribution in [2.75, 3.05) is 13.9 Å². The van der Waals surface area contributed by atoms with Crippen LogP contribution in [0.1, 0.15) is 22.8 Å². The second-order valence-corrected chi connectivity index (χ2v) is 3.88. The van der Waals surface area contributed by atoms with Gasteiger partial charge >= 0.3 is 0 Å². The highest BCUT2D eigenvalue weighted by Gasteiger charge is 2.25. The van der Waals surface area contributed by atoms with Crippen LogP contribution < -0.4 is 15.2 Å². The molecule has 1 aromatic rings. The average molecular weight is 237 g/mol. The number of rotatable bonds is 3. The zero-order valence-corrected chi connectivity index (χ0v) is 9.86. The molecule has 0 fully saturated rings. The number of ketones is 1. The van der Waals surface area contributed by atoms with Crippen LogP contribution in [-0.2, 0) is 11.3 Å². The summed E-state index contributed by atoms with van der Waals surface area (Å²) in [7, 11) is 1.52. The maximum absolute atomic E-state index is 12.1. The summed E-state index contributed by atoms with van der Waals surface area (Å²) in [5, 5.41) is 0. The Kier molecular flexibility index (Phi) is 3.31. The van der Waals surface area contributed by atoms with Gasteiger partial charge in [0.15, 0.2) is 12.6 Å². The molecule has 0 aromatic heterocycles. The van der Waals surface area contributed by atoms with Crippen molar-refractivity contribution in [2.24, 2.45) is 5.73 Å². The van der Waals surface area contributed by atoms with E-state index in [2.05, 4.69) is 0 Å². The van der Waals surface area contributed by atoms with Crippen LogP contribution in [0, 0.1) is 0 Å². The van der Waals surface area contributed by atoms with Crippen LogP contribution in [0.5, 0.6) is 11.5 Å². The van der Waals surface area contributed by atoms with Crippen molar-refractivity contribution in [3.05, 3.63) is 23.3 Å². The molecule has 1 unspecified atom stereocenters. The number of ether oxygens (including phenoxy) is 3. The SMILES string of the molecule is COc1ccc2c(c1C(=O)C(C)N)COCO2. The summed E-state index contributed by atoms with van der Waals surface area (Å²) in [6, 6.07) is 2.89. The average Bonchev–Trinajstić information content (AvgIpc) is 2.36. The predicted octanol–water partition coefficient (Wildman–Crippen LogP) is 1.09. The third kappa shape index (κ3) is 2.11. The molecule has 92 valence electrons. The van der Waals surface area contributed by atoms with E-state index < -0.39 is 6.04 Å². The van der Waals surface area contributed by atoms with E-state index in [0.29, 0.717) is 29.2 Å². The monoisotopic (exact) mass is 237 g/mol. The summed E-state index contributed by atoms with van der Waals surface area (Å²) in [5.41, 5.74) is 6.80. The molecule has 1 atom stereocenters. The van der Waals surface area contributed by atoms with Crippen molar-refractivity contribution in [1.82, 2.24) is 0 Å². The highest BCUT2D eigenvalue weighted by atomic mass is 16.7. The van der Waals surface area contributed by atoms with Crippen LogP contribution in [0.4, 0.5) is 0 Å². The van der Waals surface area contributed by atoms with Crippen LogP contribution >= 0.6 is 0 Å². The molecule has 5 nitrogen and oxygen atoms in total. The summed E-state index contributed by atoms with van der Waals surface area (Å²) in [6.45, 7) is 2.18. The second kappa shape index (κ2) is 4.73. The molecule has 1 heterocycles. The zero-order valence-electron chi connectivity index (χ0n) is 9.86. The van der Waals surface area contributed by atoms with E-state index in [0.717, 1.165) is 0 Å². The Morgan fingerprint density at radius 3 is 2.94 bits per heavy atom. The van der Waals surface area contributed by atoms with Gasteiger partial charge in [0.25, 0.3) is 0 Å². The first-order chi connectivity index (χ1) is 8.15. The molecule has 5 heteroatoms. The molecule has 0 bridgehead atoms. The Morgan fingerprint density at radius 2 is 2.29 bits per heavy atom.